The molecule has 2 amide bonds. The number of likely N-dealkylation sites (tertiary alicyclic amines) is 1. The maximum absolute atomic E-state index is 12.8. The zero-order valence-corrected chi connectivity index (χ0v) is 13.6. The monoisotopic (exact) mass is 324 g/mol. The van der Waals surface area contributed by atoms with Crippen LogP contribution in [0, 0.1) is 5.92 Å². The normalized spacial score (nSPS) is 25.0. The number of carbonyl (C=O) groups excluding carboxylic acids is 2. The van der Waals surface area contributed by atoms with Crippen molar-refractivity contribution in [1.29, 1.82) is 0 Å². The largest absolute Gasteiger partial charge is 0.347 e. The summed E-state index contributed by atoms with van der Waals surface area (Å²) in [7, 11) is 1.88. The minimum absolute atomic E-state index is 0.0145. The molecule has 2 bridgehead atoms. The van der Waals surface area contributed by atoms with Crippen molar-refractivity contribution in [3.8, 4) is 0 Å². The van der Waals surface area contributed by atoms with Crippen LogP contribution in [0.5, 0.6) is 0 Å². The van der Waals surface area contributed by atoms with Crippen LogP contribution in [0.1, 0.15) is 33.7 Å². The molecule has 3 atom stereocenters. The van der Waals surface area contributed by atoms with E-state index in [1.54, 1.807) is 24.5 Å². The molecule has 2 fully saturated rings. The van der Waals surface area contributed by atoms with Gasteiger partial charge >= 0.3 is 0 Å². The van der Waals surface area contributed by atoms with Gasteiger partial charge in [-0.25, -0.2) is 0 Å². The highest BCUT2D eigenvalue weighted by Gasteiger charge is 2.47. The van der Waals surface area contributed by atoms with Gasteiger partial charge in [0.2, 0.25) is 0 Å². The van der Waals surface area contributed by atoms with Gasteiger partial charge in [-0.1, -0.05) is 0 Å². The number of carbonyl (C=O) groups is 2. The van der Waals surface area contributed by atoms with E-state index in [-0.39, 0.29) is 23.9 Å². The van der Waals surface area contributed by atoms with Crippen LogP contribution in [0.2, 0.25) is 0 Å². The van der Waals surface area contributed by atoms with Crippen LogP contribution in [0.15, 0.2) is 42.9 Å². The van der Waals surface area contributed by atoms with Gasteiger partial charge in [0, 0.05) is 38.2 Å². The summed E-state index contributed by atoms with van der Waals surface area (Å²) < 4.78 is 1.84. The van der Waals surface area contributed by atoms with E-state index < -0.39 is 0 Å². The van der Waals surface area contributed by atoms with Crippen molar-refractivity contribution in [2.75, 3.05) is 6.54 Å². The van der Waals surface area contributed by atoms with E-state index in [2.05, 4.69) is 10.3 Å². The highest BCUT2D eigenvalue weighted by Crippen LogP contribution is 2.38. The fourth-order valence-corrected chi connectivity index (χ4v) is 3.99. The molecular formula is C18H20N4O2. The summed E-state index contributed by atoms with van der Waals surface area (Å²) in [6.07, 6.45) is 7.00. The summed E-state index contributed by atoms with van der Waals surface area (Å²) in [5, 5.41) is 3.09. The maximum atomic E-state index is 12.8. The van der Waals surface area contributed by atoms with E-state index in [1.165, 1.54) is 0 Å². The van der Waals surface area contributed by atoms with Gasteiger partial charge in [-0.05, 0) is 43.0 Å². The molecule has 0 aromatic carbocycles. The maximum Gasteiger partial charge on any atom is 0.270 e. The van der Waals surface area contributed by atoms with Gasteiger partial charge < -0.3 is 14.8 Å². The Balaban J connectivity index is 1.48. The van der Waals surface area contributed by atoms with Gasteiger partial charge in [0.25, 0.3) is 11.8 Å². The summed E-state index contributed by atoms with van der Waals surface area (Å²) >= 11 is 0. The van der Waals surface area contributed by atoms with Crippen LogP contribution in [-0.2, 0) is 7.05 Å². The molecule has 1 saturated heterocycles. The molecule has 1 saturated carbocycles. The highest BCUT2D eigenvalue weighted by molar-refractivity contribution is 5.95. The van der Waals surface area contributed by atoms with Crippen LogP contribution < -0.4 is 5.32 Å². The number of aromatic nitrogens is 2. The summed E-state index contributed by atoms with van der Waals surface area (Å²) in [5.74, 6) is 0.403. The summed E-state index contributed by atoms with van der Waals surface area (Å²) in [5.41, 5.74) is 1.25. The Morgan fingerprint density at radius 3 is 2.79 bits per heavy atom. The number of rotatable bonds is 3. The lowest BCUT2D eigenvalue weighted by molar-refractivity contribution is 0.0639. The number of aryl methyl sites for hydroxylation is 1. The molecule has 124 valence electrons. The molecule has 1 N–H and O–H groups in total. The Morgan fingerprint density at radius 1 is 1.25 bits per heavy atom. The minimum atomic E-state index is -0.119. The Morgan fingerprint density at radius 2 is 2.12 bits per heavy atom. The van der Waals surface area contributed by atoms with Crippen LogP contribution >= 0.6 is 0 Å². The van der Waals surface area contributed by atoms with E-state index >= 15 is 0 Å². The lowest BCUT2D eigenvalue weighted by Gasteiger charge is -2.33. The first-order chi connectivity index (χ1) is 11.6. The van der Waals surface area contributed by atoms with E-state index in [4.69, 9.17) is 0 Å². The fraction of sp³-hybridized carbons (Fsp3) is 0.389. The molecule has 0 radical (unpaired) electrons. The quantitative estimate of drug-likeness (QED) is 0.929. The predicted octanol–water partition coefficient (Wildman–Crippen LogP) is 1.45. The lowest BCUT2D eigenvalue weighted by Crippen LogP contribution is -2.52. The second-order valence-corrected chi connectivity index (χ2v) is 6.69. The molecule has 2 aromatic rings. The zero-order valence-electron chi connectivity index (χ0n) is 13.6. The van der Waals surface area contributed by atoms with Gasteiger partial charge in [0.05, 0.1) is 11.6 Å². The van der Waals surface area contributed by atoms with Crippen LogP contribution in [0.4, 0.5) is 0 Å². The van der Waals surface area contributed by atoms with Gasteiger partial charge in [-0.2, -0.15) is 0 Å². The van der Waals surface area contributed by atoms with Crippen molar-refractivity contribution in [3.63, 3.8) is 0 Å². The van der Waals surface area contributed by atoms with Crippen molar-refractivity contribution in [2.45, 2.75) is 24.9 Å². The minimum Gasteiger partial charge on any atom is -0.347 e. The Hall–Kier alpha value is -2.63. The van der Waals surface area contributed by atoms with E-state index in [9.17, 15) is 9.59 Å². The molecule has 1 aliphatic carbocycles. The number of hydrogen-bond donors (Lipinski definition) is 1. The standard InChI is InChI=1S/C18H20N4O2/c1-21-7-3-5-15(21)18(24)22-11-12-8-14(16(22)9-12)20-17(23)13-4-2-6-19-10-13/h2-7,10,12,14,16H,8-9,11H2,1H3,(H,20,23)/t12-,14+,16-/m1/s1. The lowest BCUT2D eigenvalue weighted by atomic mass is 10.0. The topological polar surface area (TPSA) is 67.2 Å². The first-order valence-electron chi connectivity index (χ1n) is 8.26. The fourth-order valence-electron chi connectivity index (χ4n) is 3.99. The number of pyridine rings is 1. The predicted molar refractivity (Wildman–Crippen MR) is 88.5 cm³/mol. The van der Waals surface area contributed by atoms with Crippen molar-refractivity contribution in [2.24, 2.45) is 13.0 Å². The molecule has 3 heterocycles. The summed E-state index contributed by atoms with van der Waals surface area (Å²) in [6.45, 7) is 0.786. The molecule has 0 spiro atoms. The average molecular weight is 324 g/mol. The molecule has 6 nitrogen and oxygen atoms in total. The van der Waals surface area contributed by atoms with Crippen molar-refractivity contribution in [1.82, 2.24) is 19.8 Å². The number of hydrogen-bond acceptors (Lipinski definition) is 3. The third kappa shape index (κ3) is 2.48. The van der Waals surface area contributed by atoms with Gasteiger partial charge in [-0.15, -0.1) is 0 Å². The third-order valence-electron chi connectivity index (χ3n) is 5.15. The summed E-state index contributed by atoms with van der Waals surface area (Å²) in [4.78, 5) is 31.1. The number of nitrogens with one attached hydrogen (secondary N) is 1. The Bertz CT molecular complexity index is 770. The molecule has 0 unspecified atom stereocenters. The third-order valence-corrected chi connectivity index (χ3v) is 5.15. The highest BCUT2D eigenvalue weighted by atomic mass is 16.2. The SMILES string of the molecule is Cn1cccc1C(=O)N1C[C@@H]2C[C@H](NC(=O)c3cccnc3)[C@H]1C2. The van der Waals surface area contributed by atoms with Crippen LogP contribution in [0.3, 0.4) is 0 Å². The second kappa shape index (κ2) is 5.78. The molecule has 2 aromatic heterocycles. The zero-order chi connectivity index (χ0) is 16.7. The van der Waals surface area contributed by atoms with E-state index in [1.807, 2.05) is 34.8 Å². The van der Waals surface area contributed by atoms with Crippen LogP contribution in [0.25, 0.3) is 0 Å². The number of amides is 2. The molecular weight excluding hydrogens is 304 g/mol. The van der Waals surface area contributed by atoms with Gasteiger partial charge in [-0.3, -0.25) is 14.6 Å². The number of piperidine rings is 1. The Labute approximate surface area is 140 Å². The first-order valence-corrected chi connectivity index (χ1v) is 8.26. The first kappa shape index (κ1) is 14.9. The van der Waals surface area contributed by atoms with Gasteiger partial charge in [0.1, 0.15) is 5.69 Å². The molecule has 1 aliphatic heterocycles. The van der Waals surface area contributed by atoms with Gasteiger partial charge in [0.15, 0.2) is 0 Å². The second-order valence-electron chi connectivity index (χ2n) is 6.69. The van der Waals surface area contributed by atoms with E-state index in [0.29, 0.717) is 17.2 Å². The molecule has 2 aliphatic rings. The van der Waals surface area contributed by atoms with Crippen molar-refractivity contribution in [3.05, 3.63) is 54.1 Å². The van der Waals surface area contributed by atoms with Crippen molar-refractivity contribution >= 4 is 11.8 Å². The smallest absolute Gasteiger partial charge is 0.270 e. The Kier molecular flexibility index (Phi) is 3.59. The molecule has 4 rings (SSSR count). The van der Waals surface area contributed by atoms with Crippen LogP contribution in [-0.4, -0.2) is 44.9 Å². The molecule has 24 heavy (non-hydrogen) atoms. The molecule has 6 heteroatoms. The summed E-state index contributed by atoms with van der Waals surface area (Å²) in [6, 6.07) is 7.32. The number of nitrogens with zero attached hydrogens (tertiary/aromatic N) is 3. The number of fused-ring (bicyclic) bond motifs is 2. The average Bonchev–Trinajstić information content (AvgIpc) is 3.30. The van der Waals surface area contributed by atoms with E-state index in [0.717, 1.165) is 19.4 Å². The van der Waals surface area contributed by atoms with Crippen molar-refractivity contribution < 1.29 is 9.59 Å².